The van der Waals surface area contributed by atoms with Gasteiger partial charge in [-0.05, 0) is 54.8 Å². The molecule has 0 aromatic heterocycles. The zero-order valence-corrected chi connectivity index (χ0v) is 18.2. The van der Waals surface area contributed by atoms with Gasteiger partial charge in [0.1, 0.15) is 11.4 Å². The molecule has 0 unspecified atom stereocenters. The number of nitrogens with one attached hydrogen (secondary N) is 1. The molecule has 3 aromatic carbocycles. The van der Waals surface area contributed by atoms with E-state index in [0.717, 1.165) is 11.1 Å². The molecular weight excluding hydrogens is 412 g/mol. The summed E-state index contributed by atoms with van der Waals surface area (Å²) in [4.78, 5) is 28.2. The van der Waals surface area contributed by atoms with Crippen LogP contribution in [-0.2, 0) is 9.59 Å². The normalized spacial score (nSPS) is 13.7. The number of nitrogens with zero attached hydrogens (tertiary/aromatic N) is 1. The van der Waals surface area contributed by atoms with Crippen molar-refractivity contribution in [3.05, 3.63) is 94.1 Å². The van der Waals surface area contributed by atoms with Crippen LogP contribution in [0.25, 0.3) is 5.57 Å². The van der Waals surface area contributed by atoms with Gasteiger partial charge in [-0.3, -0.25) is 9.59 Å². The van der Waals surface area contributed by atoms with E-state index in [1.54, 1.807) is 24.3 Å². The molecule has 0 spiro atoms. The molecule has 0 bridgehead atoms. The summed E-state index contributed by atoms with van der Waals surface area (Å²) in [5, 5.41) is 3.52. The van der Waals surface area contributed by atoms with E-state index in [9.17, 15) is 9.59 Å². The smallest absolute Gasteiger partial charge is 0.282 e. The van der Waals surface area contributed by atoms with Crippen molar-refractivity contribution in [1.29, 1.82) is 0 Å². The second-order valence-electron chi connectivity index (χ2n) is 7.26. The van der Waals surface area contributed by atoms with Crippen LogP contribution in [-0.4, -0.2) is 18.9 Å². The summed E-state index contributed by atoms with van der Waals surface area (Å²) in [5.41, 5.74) is 4.23. The summed E-state index contributed by atoms with van der Waals surface area (Å²) in [6.45, 7) is 3.86. The number of hydrogen-bond donors (Lipinski definition) is 1. The number of imide groups is 1. The van der Waals surface area contributed by atoms with Crippen LogP contribution in [0, 0.1) is 13.8 Å². The Bertz CT molecular complexity index is 1220. The summed E-state index contributed by atoms with van der Waals surface area (Å²) in [7, 11) is 1.53. The maximum absolute atomic E-state index is 13.5. The van der Waals surface area contributed by atoms with Crippen LogP contribution in [0.15, 0.2) is 72.4 Å². The minimum Gasteiger partial charge on any atom is -0.495 e. The van der Waals surface area contributed by atoms with Crippen molar-refractivity contribution in [2.45, 2.75) is 13.8 Å². The molecule has 4 rings (SSSR count). The van der Waals surface area contributed by atoms with Crippen LogP contribution < -0.4 is 15.0 Å². The predicted molar refractivity (Wildman–Crippen MR) is 123 cm³/mol. The van der Waals surface area contributed by atoms with E-state index in [-0.39, 0.29) is 11.6 Å². The molecule has 1 aliphatic heterocycles. The maximum Gasteiger partial charge on any atom is 0.282 e. The Labute approximate surface area is 185 Å². The highest BCUT2D eigenvalue weighted by atomic mass is 35.5. The molecular formula is C25H21ClN2O3. The van der Waals surface area contributed by atoms with E-state index in [2.05, 4.69) is 5.32 Å². The number of ether oxygens (including phenoxy) is 1. The number of methoxy groups -OCH3 is 1. The molecule has 6 heteroatoms. The fraction of sp³-hybridized carbons (Fsp3) is 0.120. The predicted octanol–water partition coefficient (Wildman–Crippen LogP) is 5.36. The van der Waals surface area contributed by atoms with E-state index < -0.39 is 5.91 Å². The number of amides is 2. The molecule has 3 aromatic rings. The average Bonchev–Trinajstić information content (AvgIpc) is 3.00. The van der Waals surface area contributed by atoms with Crippen LogP contribution in [0.2, 0.25) is 5.02 Å². The molecule has 0 saturated carbocycles. The quantitative estimate of drug-likeness (QED) is 0.551. The van der Waals surface area contributed by atoms with E-state index in [1.807, 2.05) is 56.3 Å². The van der Waals surface area contributed by atoms with Crippen molar-refractivity contribution in [2.75, 3.05) is 17.3 Å². The van der Waals surface area contributed by atoms with Crippen molar-refractivity contribution in [2.24, 2.45) is 0 Å². The molecule has 0 aliphatic carbocycles. The topological polar surface area (TPSA) is 58.6 Å². The number of benzene rings is 3. The van der Waals surface area contributed by atoms with Gasteiger partial charge in [0.15, 0.2) is 0 Å². The lowest BCUT2D eigenvalue weighted by Crippen LogP contribution is -2.33. The number of rotatable bonds is 5. The van der Waals surface area contributed by atoms with Crippen molar-refractivity contribution in [3.63, 3.8) is 0 Å². The third-order valence-electron chi connectivity index (χ3n) is 5.38. The van der Waals surface area contributed by atoms with E-state index in [4.69, 9.17) is 16.3 Å². The lowest BCUT2D eigenvalue weighted by molar-refractivity contribution is -0.120. The number of aryl methyl sites for hydroxylation is 1. The van der Waals surface area contributed by atoms with Gasteiger partial charge in [-0.1, -0.05) is 54.1 Å². The molecule has 0 saturated heterocycles. The largest absolute Gasteiger partial charge is 0.495 e. The maximum atomic E-state index is 13.5. The van der Waals surface area contributed by atoms with Crippen LogP contribution in [0.1, 0.15) is 16.7 Å². The zero-order valence-electron chi connectivity index (χ0n) is 17.4. The number of carbonyl (C=O) groups excluding carboxylic acids is 2. The van der Waals surface area contributed by atoms with E-state index in [0.29, 0.717) is 33.3 Å². The Kier molecular flexibility index (Phi) is 5.53. The summed E-state index contributed by atoms with van der Waals surface area (Å²) in [6, 6.07) is 19.9. The van der Waals surface area contributed by atoms with Gasteiger partial charge in [-0.25, -0.2) is 4.90 Å². The lowest BCUT2D eigenvalue weighted by atomic mass is 10.0. The van der Waals surface area contributed by atoms with Crippen molar-refractivity contribution >= 4 is 40.4 Å². The Morgan fingerprint density at radius 2 is 1.65 bits per heavy atom. The first-order valence-corrected chi connectivity index (χ1v) is 10.2. The Morgan fingerprint density at radius 1 is 0.903 bits per heavy atom. The van der Waals surface area contributed by atoms with Crippen LogP contribution >= 0.6 is 11.6 Å². The first-order valence-electron chi connectivity index (χ1n) is 9.77. The lowest BCUT2D eigenvalue weighted by Gasteiger charge is -2.19. The fourth-order valence-electron chi connectivity index (χ4n) is 3.60. The van der Waals surface area contributed by atoms with Gasteiger partial charge >= 0.3 is 0 Å². The molecule has 31 heavy (non-hydrogen) atoms. The van der Waals surface area contributed by atoms with Gasteiger partial charge in [0.25, 0.3) is 11.8 Å². The summed E-state index contributed by atoms with van der Waals surface area (Å²) < 4.78 is 5.20. The van der Waals surface area contributed by atoms with E-state index in [1.165, 1.54) is 12.0 Å². The molecule has 2 amide bonds. The fourth-order valence-corrected chi connectivity index (χ4v) is 3.86. The average molecular weight is 433 g/mol. The summed E-state index contributed by atoms with van der Waals surface area (Å²) >= 11 is 6.25. The highest BCUT2D eigenvalue weighted by Crippen LogP contribution is 2.36. The molecule has 0 atom stereocenters. The standard InChI is InChI=1S/C25H21ClN2O3/c1-15-8-7-11-20(16(15)2)28-24(29)22(17-9-5-4-6-10-17)23(25(28)30)27-18-12-13-21(31-3)19(26)14-18/h4-14,27H,1-3H3. The first-order chi connectivity index (χ1) is 14.9. The summed E-state index contributed by atoms with van der Waals surface area (Å²) in [5.74, 6) is -0.258. The Balaban J connectivity index is 1.83. The SMILES string of the molecule is COc1ccc(NC2=C(c3ccccc3)C(=O)N(c3cccc(C)c3C)C2=O)cc1Cl. The highest BCUT2D eigenvalue weighted by molar-refractivity contribution is 6.46. The van der Waals surface area contributed by atoms with Gasteiger partial charge in [0, 0.05) is 5.69 Å². The molecule has 0 fully saturated rings. The summed E-state index contributed by atoms with van der Waals surface area (Å²) in [6.07, 6.45) is 0. The zero-order chi connectivity index (χ0) is 22.1. The second-order valence-corrected chi connectivity index (χ2v) is 7.66. The van der Waals surface area contributed by atoms with E-state index >= 15 is 0 Å². The van der Waals surface area contributed by atoms with Crippen LogP contribution in [0.3, 0.4) is 0 Å². The molecule has 5 nitrogen and oxygen atoms in total. The van der Waals surface area contributed by atoms with Gasteiger partial charge in [-0.15, -0.1) is 0 Å². The highest BCUT2D eigenvalue weighted by Gasteiger charge is 2.40. The number of halogens is 1. The molecule has 1 N–H and O–H groups in total. The third kappa shape index (κ3) is 3.68. The number of carbonyl (C=O) groups is 2. The van der Waals surface area contributed by atoms with Crippen molar-refractivity contribution in [1.82, 2.24) is 0 Å². The molecule has 1 heterocycles. The molecule has 1 aliphatic rings. The Hall–Kier alpha value is -3.57. The van der Waals surface area contributed by atoms with Crippen LogP contribution in [0.4, 0.5) is 11.4 Å². The van der Waals surface area contributed by atoms with Gasteiger partial charge in [-0.2, -0.15) is 0 Å². The van der Waals surface area contributed by atoms with Crippen LogP contribution in [0.5, 0.6) is 5.75 Å². The Morgan fingerprint density at radius 3 is 2.32 bits per heavy atom. The van der Waals surface area contributed by atoms with Crippen molar-refractivity contribution < 1.29 is 14.3 Å². The monoisotopic (exact) mass is 432 g/mol. The number of anilines is 2. The third-order valence-corrected chi connectivity index (χ3v) is 5.68. The second kappa shape index (κ2) is 8.28. The number of hydrogen-bond acceptors (Lipinski definition) is 4. The first kappa shape index (κ1) is 20.7. The van der Waals surface area contributed by atoms with Gasteiger partial charge < -0.3 is 10.1 Å². The molecule has 156 valence electrons. The molecule has 0 radical (unpaired) electrons. The minimum atomic E-state index is -0.413. The van der Waals surface area contributed by atoms with Crippen molar-refractivity contribution in [3.8, 4) is 5.75 Å². The van der Waals surface area contributed by atoms with Gasteiger partial charge in [0.05, 0.1) is 23.4 Å². The van der Waals surface area contributed by atoms with Gasteiger partial charge in [0.2, 0.25) is 0 Å². The minimum absolute atomic E-state index is 0.207.